The minimum absolute atomic E-state index is 0.0543. The Balaban J connectivity index is 1.55. The van der Waals surface area contributed by atoms with Crippen LogP contribution in [0.5, 0.6) is 0 Å². The molecule has 1 saturated carbocycles. The molecule has 2 amide bonds. The summed E-state index contributed by atoms with van der Waals surface area (Å²) in [5.41, 5.74) is 3.04. The summed E-state index contributed by atoms with van der Waals surface area (Å²) in [5.74, 6) is 0.151. The van der Waals surface area contributed by atoms with Crippen molar-refractivity contribution >= 4 is 11.8 Å². The number of aryl methyl sites for hydroxylation is 1. The topological polar surface area (TPSA) is 86.1 Å². The van der Waals surface area contributed by atoms with E-state index in [1.807, 2.05) is 13.0 Å². The molecule has 28 heavy (non-hydrogen) atoms. The van der Waals surface area contributed by atoms with Crippen LogP contribution in [0.1, 0.15) is 45.9 Å². The third-order valence-electron chi connectivity index (χ3n) is 5.51. The number of nitrogens with zero attached hydrogens (tertiary/aromatic N) is 3. The predicted molar refractivity (Wildman–Crippen MR) is 103 cm³/mol. The Labute approximate surface area is 164 Å². The summed E-state index contributed by atoms with van der Waals surface area (Å²) >= 11 is 0. The van der Waals surface area contributed by atoms with Gasteiger partial charge in [0.25, 0.3) is 5.91 Å². The zero-order valence-corrected chi connectivity index (χ0v) is 15.8. The van der Waals surface area contributed by atoms with Crippen molar-refractivity contribution in [3.8, 4) is 6.07 Å². The molecule has 2 aromatic rings. The average molecular weight is 374 g/mol. The molecular formula is C22H22N4O2. The van der Waals surface area contributed by atoms with Gasteiger partial charge in [-0.1, -0.05) is 29.8 Å². The van der Waals surface area contributed by atoms with Gasteiger partial charge in [0.05, 0.1) is 11.6 Å². The molecule has 2 fully saturated rings. The largest absolute Gasteiger partial charge is 0.351 e. The van der Waals surface area contributed by atoms with E-state index in [2.05, 4.69) is 34.6 Å². The summed E-state index contributed by atoms with van der Waals surface area (Å²) in [4.78, 5) is 31.1. The molecular weight excluding hydrogens is 352 g/mol. The molecule has 1 aliphatic heterocycles. The van der Waals surface area contributed by atoms with Crippen molar-refractivity contribution in [1.82, 2.24) is 15.2 Å². The molecule has 6 nitrogen and oxygen atoms in total. The van der Waals surface area contributed by atoms with Crippen LogP contribution in [0.15, 0.2) is 42.6 Å². The molecule has 0 bridgehead atoms. The maximum atomic E-state index is 12.9. The van der Waals surface area contributed by atoms with Gasteiger partial charge in [0.15, 0.2) is 0 Å². The van der Waals surface area contributed by atoms with Crippen LogP contribution in [-0.2, 0) is 4.79 Å². The quantitative estimate of drug-likeness (QED) is 0.890. The third-order valence-corrected chi connectivity index (χ3v) is 5.51. The molecule has 142 valence electrons. The van der Waals surface area contributed by atoms with Crippen molar-refractivity contribution in [2.45, 2.75) is 31.7 Å². The van der Waals surface area contributed by atoms with E-state index >= 15 is 0 Å². The summed E-state index contributed by atoms with van der Waals surface area (Å²) in [6.07, 6.45) is 3.35. The number of likely N-dealkylation sites (tertiary alicyclic amines) is 1. The van der Waals surface area contributed by atoms with Crippen molar-refractivity contribution in [2.75, 3.05) is 13.1 Å². The number of pyridine rings is 1. The van der Waals surface area contributed by atoms with Gasteiger partial charge >= 0.3 is 0 Å². The first kappa shape index (κ1) is 18.2. The Morgan fingerprint density at radius 3 is 2.50 bits per heavy atom. The van der Waals surface area contributed by atoms with Gasteiger partial charge < -0.3 is 10.2 Å². The van der Waals surface area contributed by atoms with Crippen molar-refractivity contribution < 1.29 is 9.59 Å². The van der Waals surface area contributed by atoms with E-state index in [1.54, 1.807) is 17.0 Å². The van der Waals surface area contributed by atoms with Crippen molar-refractivity contribution in [1.29, 1.82) is 5.26 Å². The molecule has 1 saturated heterocycles. The second-order valence-electron chi connectivity index (χ2n) is 7.66. The Hall–Kier alpha value is -3.20. The average Bonchev–Trinajstić information content (AvgIpc) is 3.49. The minimum atomic E-state index is -0.128. The van der Waals surface area contributed by atoms with Crippen LogP contribution >= 0.6 is 0 Å². The first-order valence-corrected chi connectivity index (χ1v) is 9.57. The van der Waals surface area contributed by atoms with E-state index in [-0.39, 0.29) is 35.4 Å². The van der Waals surface area contributed by atoms with Crippen LogP contribution < -0.4 is 5.32 Å². The van der Waals surface area contributed by atoms with Gasteiger partial charge in [-0.2, -0.15) is 5.26 Å². The van der Waals surface area contributed by atoms with Crippen LogP contribution in [-0.4, -0.2) is 40.8 Å². The number of hydrogen-bond donors (Lipinski definition) is 1. The highest BCUT2D eigenvalue weighted by atomic mass is 16.2. The fourth-order valence-electron chi connectivity index (χ4n) is 3.68. The molecule has 6 heteroatoms. The third kappa shape index (κ3) is 3.74. The number of carbonyl (C=O) groups excluding carboxylic acids is 2. The molecule has 0 unspecified atom stereocenters. The van der Waals surface area contributed by atoms with Gasteiger partial charge in [0.2, 0.25) is 5.91 Å². The molecule has 1 aliphatic carbocycles. The van der Waals surface area contributed by atoms with Gasteiger partial charge in [-0.15, -0.1) is 0 Å². The number of amides is 2. The van der Waals surface area contributed by atoms with E-state index in [9.17, 15) is 9.59 Å². The minimum Gasteiger partial charge on any atom is -0.351 e. The fourth-order valence-corrected chi connectivity index (χ4v) is 3.68. The molecule has 2 heterocycles. The maximum absolute atomic E-state index is 12.9. The van der Waals surface area contributed by atoms with Gasteiger partial charge in [-0.05, 0) is 37.5 Å². The van der Waals surface area contributed by atoms with Crippen LogP contribution in [0, 0.1) is 24.2 Å². The summed E-state index contributed by atoms with van der Waals surface area (Å²) < 4.78 is 0. The number of carbonyl (C=O) groups is 2. The molecule has 1 aromatic heterocycles. The van der Waals surface area contributed by atoms with Gasteiger partial charge in [-0.3, -0.25) is 9.59 Å². The van der Waals surface area contributed by atoms with Gasteiger partial charge in [0.1, 0.15) is 11.8 Å². The Bertz CT molecular complexity index is 927. The summed E-state index contributed by atoms with van der Waals surface area (Å²) in [5, 5.41) is 12.0. The van der Waals surface area contributed by atoms with E-state index in [0.29, 0.717) is 18.7 Å². The van der Waals surface area contributed by atoms with Crippen LogP contribution in [0.25, 0.3) is 0 Å². The second-order valence-corrected chi connectivity index (χ2v) is 7.66. The van der Waals surface area contributed by atoms with Crippen molar-refractivity contribution in [3.63, 3.8) is 0 Å². The van der Waals surface area contributed by atoms with E-state index in [0.717, 1.165) is 18.4 Å². The highest BCUT2D eigenvalue weighted by Gasteiger charge is 2.39. The Kier molecular flexibility index (Phi) is 4.82. The number of benzene rings is 1. The summed E-state index contributed by atoms with van der Waals surface area (Å²) in [6, 6.07) is 13.3. The van der Waals surface area contributed by atoms with E-state index in [4.69, 9.17) is 5.26 Å². The number of hydrogen-bond acceptors (Lipinski definition) is 4. The number of nitrogens with one attached hydrogen (secondary N) is 1. The first-order chi connectivity index (χ1) is 13.5. The highest BCUT2D eigenvalue weighted by Crippen LogP contribution is 2.32. The first-order valence-electron chi connectivity index (χ1n) is 9.57. The normalized spacial score (nSPS) is 21.2. The summed E-state index contributed by atoms with van der Waals surface area (Å²) in [7, 11) is 0. The lowest BCUT2D eigenvalue weighted by atomic mass is 9.93. The lowest BCUT2D eigenvalue weighted by Gasteiger charge is -2.20. The van der Waals surface area contributed by atoms with Crippen LogP contribution in [0.2, 0.25) is 0 Å². The second kappa shape index (κ2) is 7.43. The monoisotopic (exact) mass is 374 g/mol. The Morgan fingerprint density at radius 1 is 1.14 bits per heavy atom. The van der Waals surface area contributed by atoms with Crippen molar-refractivity contribution in [2.24, 2.45) is 5.92 Å². The molecule has 0 radical (unpaired) electrons. The molecule has 2 atom stereocenters. The molecule has 0 spiro atoms. The van der Waals surface area contributed by atoms with Crippen LogP contribution in [0.4, 0.5) is 0 Å². The predicted octanol–water partition coefficient (Wildman–Crippen LogP) is 2.40. The standard InChI is InChI=1S/C22H22N4O2/c1-14-2-4-15(5-3-14)19-12-26(13-20(19)25-21(27)16-6-7-16)22(28)17-8-9-18(10-23)24-11-17/h2-5,8-9,11,16,19-20H,6-7,12-13H2,1H3,(H,25,27)/t19-,20+/m0/s1. The molecule has 1 aromatic carbocycles. The van der Waals surface area contributed by atoms with Gasteiger partial charge in [-0.25, -0.2) is 4.98 Å². The molecule has 1 N–H and O–H groups in total. The maximum Gasteiger partial charge on any atom is 0.255 e. The van der Waals surface area contributed by atoms with Gasteiger partial charge in [0, 0.05) is 31.1 Å². The zero-order valence-electron chi connectivity index (χ0n) is 15.8. The fraction of sp³-hybridized carbons (Fsp3) is 0.364. The number of rotatable bonds is 4. The summed E-state index contributed by atoms with van der Waals surface area (Å²) in [6.45, 7) is 3.05. The molecule has 2 aliphatic rings. The SMILES string of the molecule is Cc1ccc([C@@H]2CN(C(=O)c3ccc(C#N)nc3)C[C@H]2NC(=O)C2CC2)cc1. The lowest BCUT2D eigenvalue weighted by molar-refractivity contribution is -0.123. The lowest BCUT2D eigenvalue weighted by Crippen LogP contribution is -2.41. The zero-order chi connectivity index (χ0) is 19.7. The highest BCUT2D eigenvalue weighted by molar-refractivity contribution is 5.94. The number of aromatic nitrogens is 1. The van der Waals surface area contributed by atoms with Crippen molar-refractivity contribution in [3.05, 3.63) is 65.0 Å². The van der Waals surface area contributed by atoms with E-state index < -0.39 is 0 Å². The van der Waals surface area contributed by atoms with Crippen LogP contribution in [0.3, 0.4) is 0 Å². The smallest absolute Gasteiger partial charge is 0.255 e. The van der Waals surface area contributed by atoms with E-state index in [1.165, 1.54) is 11.8 Å². The Morgan fingerprint density at radius 2 is 1.89 bits per heavy atom. The molecule has 4 rings (SSSR count). The number of nitriles is 1.